The molecule has 41 heavy (non-hydrogen) atoms. The highest BCUT2D eigenvalue weighted by Gasteiger charge is 2.60. The van der Waals surface area contributed by atoms with Crippen molar-refractivity contribution in [1.82, 2.24) is 19.6 Å². The van der Waals surface area contributed by atoms with Gasteiger partial charge in [-0.15, -0.1) is 0 Å². The summed E-state index contributed by atoms with van der Waals surface area (Å²) in [7, 11) is -5.75. The quantitative estimate of drug-likeness (QED) is 0.186. The highest BCUT2D eigenvalue weighted by molar-refractivity contribution is 6.61. The normalized spacial score (nSPS) is 22.0. The van der Waals surface area contributed by atoms with Crippen LogP contribution in [-0.4, -0.2) is 127 Å². The second-order valence-corrected chi connectivity index (χ2v) is 15.9. The maximum absolute atomic E-state index is 14.2. The predicted octanol–water partition coefficient (Wildman–Crippen LogP) is 4.18. The largest absolute Gasteiger partial charge is 0.500 e. The van der Waals surface area contributed by atoms with E-state index >= 15 is 0 Å². The fourth-order valence-electron chi connectivity index (χ4n) is 6.64. The number of rotatable bonds is 20. The van der Waals surface area contributed by atoms with Crippen LogP contribution in [0, 0.1) is 0 Å². The summed E-state index contributed by atoms with van der Waals surface area (Å²) in [6.07, 6.45) is 3.83. The van der Waals surface area contributed by atoms with E-state index in [9.17, 15) is 9.59 Å². The third-order valence-corrected chi connectivity index (χ3v) is 14.3. The van der Waals surface area contributed by atoms with Crippen molar-refractivity contribution >= 4 is 29.7 Å². The van der Waals surface area contributed by atoms with Crippen LogP contribution in [-0.2, 0) is 26.6 Å². The van der Waals surface area contributed by atoms with Crippen molar-refractivity contribution < 1.29 is 36.1 Å². The van der Waals surface area contributed by atoms with Crippen molar-refractivity contribution in [3.8, 4) is 0 Å². The van der Waals surface area contributed by atoms with E-state index in [0.717, 1.165) is 32.4 Å². The van der Waals surface area contributed by atoms with E-state index in [1.165, 1.54) is 4.90 Å². The molecule has 0 radical (unpaired) electrons. The summed E-state index contributed by atoms with van der Waals surface area (Å²) in [6.45, 7) is 17.8. The minimum absolute atomic E-state index is 0.198. The van der Waals surface area contributed by atoms with E-state index in [4.69, 9.17) is 26.6 Å². The maximum atomic E-state index is 14.2. The lowest BCUT2D eigenvalue weighted by atomic mass is 10.1. The number of hydrogen-bond donors (Lipinski definition) is 0. The van der Waals surface area contributed by atoms with Crippen molar-refractivity contribution in [1.29, 1.82) is 0 Å². The van der Waals surface area contributed by atoms with Crippen LogP contribution in [0.5, 0.6) is 0 Å². The van der Waals surface area contributed by atoms with Crippen LogP contribution in [0.25, 0.3) is 0 Å². The third kappa shape index (κ3) is 7.52. The van der Waals surface area contributed by atoms with E-state index in [1.54, 1.807) is 0 Å². The Kier molecular flexibility index (Phi) is 13.5. The monoisotopic (exact) mass is 618 g/mol. The Bertz CT molecular complexity index is 809. The molecule has 1 unspecified atom stereocenters. The van der Waals surface area contributed by atoms with Gasteiger partial charge in [0.25, 0.3) is 0 Å². The zero-order valence-corrected chi connectivity index (χ0v) is 28.3. The molecule has 3 aliphatic rings. The Morgan fingerprint density at radius 3 is 1.59 bits per heavy atom. The van der Waals surface area contributed by atoms with Gasteiger partial charge in [-0.1, -0.05) is 0 Å². The van der Waals surface area contributed by atoms with E-state index in [1.807, 2.05) is 51.3 Å². The Balaban J connectivity index is 1.81. The first-order chi connectivity index (χ1) is 19.8. The van der Waals surface area contributed by atoms with Crippen molar-refractivity contribution in [2.24, 2.45) is 0 Å². The van der Waals surface area contributed by atoms with Crippen molar-refractivity contribution in [2.45, 2.75) is 91.5 Å². The highest BCUT2D eigenvalue weighted by Crippen LogP contribution is 2.43. The zero-order chi connectivity index (χ0) is 29.9. The van der Waals surface area contributed by atoms with Crippen molar-refractivity contribution in [3.63, 3.8) is 0 Å². The molecule has 0 bridgehead atoms. The molecule has 3 fully saturated rings. The highest BCUT2D eigenvalue weighted by atomic mass is 28.4. The van der Waals surface area contributed by atoms with Crippen LogP contribution in [0.2, 0.25) is 12.1 Å². The minimum atomic E-state index is -2.89. The molecule has 0 aromatic rings. The Hall–Kier alpha value is -1.11. The number of nitrogens with zero attached hydrogens (tertiary/aromatic N) is 4. The Morgan fingerprint density at radius 2 is 1.10 bits per heavy atom. The molecular weight excluding hydrogens is 564 g/mol. The topological polar surface area (TPSA) is 102 Å². The lowest BCUT2D eigenvalue weighted by molar-refractivity contribution is -0.147. The van der Waals surface area contributed by atoms with Gasteiger partial charge in [-0.25, -0.2) is 14.5 Å². The van der Waals surface area contributed by atoms with E-state index < -0.39 is 23.4 Å². The number of imide groups is 1. The van der Waals surface area contributed by atoms with E-state index in [-0.39, 0.29) is 18.6 Å². The molecule has 3 aliphatic heterocycles. The van der Waals surface area contributed by atoms with Crippen molar-refractivity contribution in [3.05, 3.63) is 0 Å². The van der Waals surface area contributed by atoms with Crippen LogP contribution in [0.1, 0.15) is 73.6 Å². The van der Waals surface area contributed by atoms with Crippen LogP contribution < -0.4 is 0 Å². The molecule has 238 valence electrons. The molecule has 0 aromatic carbocycles. The summed E-state index contributed by atoms with van der Waals surface area (Å²) in [5, 5.41) is 0. The molecule has 0 aliphatic carbocycles. The summed E-state index contributed by atoms with van der Waals surface area (Å²) < 4.78 is 36.2. The maximum Gasteiger partial charge on any atom is 0.500 e. The first-order valence-electron chi connectivity index (χ1n) is 15.8. The van der Waals surface area contributed by atoms with Gasteiger partial charge < -0.3 is 26.6 Å². The second-order valence-electron chi connectivity index (χ2n) is 10.4. The van der Waals surface area contributed by atoms with Crippen LogP contribution in [0.3, 0.4) is 0 Å². The molecule has 0 aromatic heterocycles. The lowest BCUT2D eigenvalue weighted by Gasteiger charge is -2.59. The van der Waals surface area contributed by atoms with Gasteiger partial charge in [-0.2, -0.15) is 0 Å². The molecular formula is C27H54N4O8Si2. The van der Waals surface area contributed by atoms with Gasteiger partial charge in [0.15, 0.2) is 5.79 Å². The average molecular weight is 619 g/mol. The SMILES string of the molecule is CCO[Si](CCCN1C(=O)N2CCCN3CCCC32N(CCC[Si](OCC)(OCC)OCC)C1=O)(OCC)OCC. The van der Waals surface area contributed by atoms with Crippen LogP contribution in [0.4, 0.5) is 9.59 Å². The molecule has 12 nitrogen and oxygen atoms in total. The second kappa shape index (κ2) is 16.1. The number of carbonyl (C=O) groups excluding carboxylic acids is 2. The fraction of sp³-hybridized carbons (Fsp3) is 0.926. The fourth-order valence-corrected chi connectivity index (χ4v) is 11.8. The van der Waals surface area contributed by atoms with Gasteiger partial charge >= 0.3 is 29.7 Å². The third-order valence-electron chi connectivity index (χ3n) is 7.96. The molecule has 0 N–H and O–H groups in total. The molecule has 14 heteroatoms. The van der Waals surface area contributed by atoms with Gasteiger partial charge in [-0.05, 0) is 67.2 Å². The number of hydrogen-bond acceptors (Lipinski definition) is 9. The molecule has 1 spiro atoms. The molecule has 3 heterocycles. The summed E-state index contributed by atoms with van der Waals surface area (Å²) in [6, 6.07) is 0.730. The van der Waals surface area contributed by atoms with E-state index in [0.29, 0.717) is 77.7 Å². The molecule has 0 saturated carbocycles. The molecule has 3 saturated heterocycles. The number of carbonyl (C=O) groups is 2. The zero-order valence-electron chi connectivity index (χ0n) is 26.3. The van der Waals surface area contributed by atoms with Crippen LogP contribution in [0.15, 0.2) is 0 Å². The summed E-state index contributed by atoms with van der Waals surface area (Å²) in [4.78, 5) is 35.8. The Labute approximate surface area is 249 Å². The summed E-state index contributed by atoms with van der Waals surface area (Å²) in [5.41, 5.74) is 0. The van der Waals surface area contributed by atoms with Gasteiger partial charge in [0.2, 0.25) is 0 Å². The predicted molar refractivity (Wildman–Crippen MR) is 159 cm³/mol. The van der Waals surface area contributed by atoms with Gasteiger partial charge in [-0.3, -0.25) is 14.7 Å². The van der Waals surface area contributed by atoms with Gasteiger partial charge in [0, 0.05) is 90.9 Å². The standard InChI is InChI=1S/C27H54N4O8Si2/c1-7-34-40(35-8-2,36-9-3)23-15-20-29-25(32)30-21-14-19-28-18-13-17-27(28,30)31(26(29)33)22-16-24-41(37-10-4,38-11-5)39-12-6/h7-24H2,1-6H3. The molecule has 1 atom stereocenters. The van der Waals surface area contributed by atoms with Crippen LogP contribution >= 0.6 is 0 Å². The Morgan fingerprint density at radius 1 is 0.634 bits per heavy atom. The summed E-state index contributed by atoms with van der Waals surface area (Å²) >= 11 is 0. The number of amides is 4. The van der Waals surface area contributed by atoms with Gasteiger partial charge in [0.1, 0.15) is 0 Å². The average Bonchev–Trinajstić information content (AvgIpc) is 3.38. The minimum Gasteiger partial charge on any atom is -0.374 e. The van der Waals surface area contributed by atoms with Gasteiger partial charge in [0.05, 0.1) is 0 Å². The smallest absolute Gasteiger partial charge is 0.374 e. The lowest BCUT2D eigenvalue weighted by Crippen LogP contribution is -2.79. The molecule has 4 amide bonds. The first-order valence-corrected chi connectivity index (χ1v) is 19.7. The van der Waals surface area contributed by atoms with Crippen molar-refractivity contribution in [2.75, 3.05) is 72.4 Å². The van der Waals surface area contributed by atoms with E-state index in [2.05, 4.69) is 4.90 Å². The molecule has 3 rings (SSSR count). The number of urea groups is 2. The first kappa shape index (κ1) is 34.4. The summed E-state index contributed by atoms with van der Waals surface area (Å²) in [5.74, 6) is -0.698.